The smallest absolute Gasteiger partial charge is 0.259 e. The van der Waals surface area contributed by atoms with E-state index in [1.54, 1.807) is 60.9 Å². The van der Waals surface area contributed by atoms with Gasteiger partial charge in [0.15, 0.2) is 0 Å². The van der Waals surface area contributed by atoms with E-state index in [0.717, 1.165) is 0 Å². The number of amides is 2. The number of hydrogen-bond acceptors (Lipinski definition) is 4. The number of fused-ring (bicyclic) bond motifs is 1. The number of rotatable bonds is 4. The van der Waals surface area contributed by atoms with Crippen molar-refractivity contribution in [1.29, 1.82) is 0 Å². The molecule has 0 bridgehead atoms. The first-order valence-corrected chi connectivity index (χ1v) is 8.27. The summed E-state index contributed by atoms with van der Waals surface area (Å²) in [7, 11) is 1.52. The number of anilines is 2. The number of para-hydroxylation sites is 1. The number of carbonyl (C=O) groups is 2. The van der Waals surface area contributed by atoms with E-state index in [1.165, 1.54) is 7.11 Å². The summed E-state index contributed by atoms with van der Waals surface area (Å²) in [4.78, 5) is 31.9. The molecule has 1 aliphatic heterocycles. The molecule has 3 N–H and O–H groups in total. The second-order valence-corrected chi connectivity index (χ2v) is 5.90. The van der Waals surface area contributed by atoms with Gasteiger partial charge < -0.3 is 20.4 Å². The van der Waals surface area contributed by atoms with Gasteiger partial charge in [0.1, 0.15) is 11.6 Å². The van der Waals surface area contributed by atoms with Crippen LogP contribution in [-0.4, -0.2) is 28.9 Å². The molecular formula is C20H16N4O3. The molecule has 0 aliphatic carbocycles. The largest absolute Gasteiger partial charge is 0.496 e. The number of methoxy groups -OCH3 is 1. The highest BCUT2D eigenvalue weighted by molar-refractivity contribution is 6.35. The quantitative estimate of drug-likeness (QED) is 0.623. The summed E-state index contributed by atoms with van der Waals surface area (Å²) in [5, 5.41) is 5.66. The molecule has 2 heterocycles. The Balaban J connectivity index is 1.64. The summed E-state index contributed by atoms with van der Waals surface area (Å²) in [6, 6.07) is 12.2. The maximum atomic E-state index is 12.6. The average Bonchev–Trinajstić information content (AvgIpc) is 3.30. The second-order valence-electron chi connectivity index (χ2n) is 5.90. The standard InChI is InChI=1S/C20H16N4O3/c1-27-17-5-3-2-4-13(17)19(25)23-12-6-7-16-14(10-12)15(20(26)24-16)11-18-21-8-9-22-18/h2-11H,1H3,(H,21,22)(H,23,25)(H,24,26)/b15-11-. The van der Waals surface area contributed by atoms with Gasteiger partial charge in [-0.2, -0.15) is 0 Å². The van der Waals surface area contributed by atoms with E-state index in [4.69, 9.17) is 4.74 Å². The van der Waals surface area contributed by atoms with Gasteiger partial charge in [-0.05, 0) is 36.4 Å². The van der Waals surface area contributed by atoms with Crippen molar-refractivity contribution in [2.75, 3.05) is 17.7 Å². The first kappa shape index (κ1) is 16.6. The number of nitrogens with one attached hydrogen (secondary N) is 3. The molecule has 7 heteroatoms. The van der Waals surface area contributed by atoms with Crippen LogP contribution in [0.2, 0.25) is 0 Å². The molecule has 7 nitrogen and oxygen atoms in total. The highest BCUT2D eigenvalue weighted by atomic mass is 16.5. The zero-order chi connectivity index (χ0) is 18.8. The van der Waals surface area contributed by atoms with E-state index in [2.05, 4.69) is 20.6 Å². The summed E-state index contributed by atoms with van der Waals surface area (Å²) in [6.45, 7) is 0. The Hall–Kier alpha value is -3.87. The minimum atomic E-state index is -0.291. The normalized spacial score (nSPS) is 14.0. The molecule has 1 aromatic heterocycles. The summed E-state index contributed by atoms with van der Waals surface area (Å²) in [5.74, 6) is 0.568. The molecule has 0 saturated carbocycles. The highest BCUT2D eigenvalue weighted by Crippen LogP contribution is 2.35. The van der Waals surface area contributed by atoms with E-state index in [9.17, 15) is 9.59 Å². The van der Waals surface area contributed by atoms with Crippen molar-refractivity contribution in [2.45, 2.75) is 0 Å². The molecule has 2 amide bonds. The summed E-state index contributed by atoms with van der Waals surface area (Å²) in [6.07, 6.45) is 4.97. The monoisotopic (exact) mass is 360 g/mol. The lowest BCUT2D eigenvalue weighted by molar-refractivity contribution is -0.110. The Morgan fingerprint density at radius 2 is 2.07 bits per heavy atom. The SMILES string of the molecule is COc1ccccc1C(=O)Nc1ccc2c(c1)/C(=C/c1ncc[nH]1)C(=O)N2. The number of hydrogen-bond donors (Lipinski definition) is 3. The number of aromatic nitrogens is 2. The van der Waals surface area contributed by atoms with Crippen molar-refractivity contribution in [3.8, 4) is 5.75 Å². The minimum absolute atomic E-state index is 0.213. The van der Waals surface area contributed by atoms with Gasteiger partial charge in [-0.1, -0.05) is 12.1 Å². The van der Waals surface area contributed by atoms with E-state index in [0.29, 0.717) is 39.6 Å². The Bertz CT molecular complexity index is 1050. The molecular weight excluding hydrogens is 344 g/mol. The topological polar surface area (TPSA) is 96.1 Å². The molecule has 0 unspecified atom stereocenters. The first-order valence-electron chi connectivity index (χ1n) is 8.27. The van der Waals surface area contributed by atoms with Crippen LogP contribution in [0, 0.1) is 0 Å². The van der Waals surface area contributed by atoms with Gasteiger partial charge in [0, 0.05) is 29.3 Å². The Morgan fingerprint density at radius 1 is 1.22 bits per heavy atom. The number of H-pyrrole nitrogens is 1. The van der Waals surface area contributed by atoms with Crippen LogP contribution in [0.1, 0.15) is 21.7 Å². The van der Waals surface area contributed by atoms with Gasteiger partial charge >= 0.3 is 0 Å². The summed E-state index contributed by atoms with van der Waals surface area (Å²) in [5.41, 5.74) is 2.88. The molecule has 2 aromatic carbocycles. The van der Waals surface area contributed by atoms with E-state index >= 15 is 0 Å². The van der Waals surface area contributed by atoms with Gasteiger partial charge in [0.25, 0.3) is 11.8 Å². The van der Waals surface area contributed by atoms with Crippen LogP contribution in [0.25, 0.3) is 11.6 Å². The fourth-order valence-electron chi connectivity index (χ4n) is 2.93. The number of nitrogens with zero attached hydrogens (tertiary/aromatic N) is 1. The van der Waals surface area contributed by atoms with Gasteiger partial charge in [-0.25, -0.2) is 4.98 Å². The zero-order valence-electron chi connectivity index (χ0n) is 14.4. The Morgan fingerprint density at radius 3 is 2.85 bits per heavy atom. The molecule has 0 fully saturated rings. The number of benzene rings is 2. The number of carbonyl (C=O) groups excluding carboxylic acids is 2. The van der Waals surface area contributed by atoms with Crippen molar-refractivity contribution in [3.05, 3.63) is 71.8 Å². The van der Waals surface area contributed by atoms with Crippen molar-refractivity contribution >= 4 is 34.8 Å². The van der Waals surface area contributed by atoms with Gasteiger partial charge in [-0.15, -0.1) is 0 Å². The van der Waals surface area contributed by atoms with Crippen LogP contribution in [0.3, 0.4) is 0 Å². The van der Waals surface area contributed by atoms with E-state index < -0.39 is 0 Å². The maximum absolute atomic E-state index is 12.6. The lowest BCUT2D eigenvalue weighted by Crippen LogP contribution is -2.13. The van der Waals surface area contributed by atoms with Crippen LogP contribution < -0.4 is 15.4 Å². The van der Waals surface area contributed by atoms with Crippen LogP contribution in [0.15, 0.2) is 54.9 Å². The predicted molar refractivity (Wildman–Crippen MR) is 102 cm³/mol. The number of aromatic amines is 1. The van der Waals surface area contributed by atoms with Crippen LogP contribution in [0.5, 0.6) is 5.75 Å². The fourth-order valence-corrected chi connectivity index (χ4v) is 2.93. The molecule has 0 saturated heterocycles. The van der Waals surface area contributed by atoms with Gasteiger partial charge in [0.05, 0.1) is 18.2 Å². The van der Waals surface area contributed by atoms with Crippen LogP contribution >= 0.6 is 0 Å². The van der Waals surface area contributed by atoms with E-state index in [-0.39, 0.29) is 11.8 Å². The molecule has 4 rings (SSSR count). The third kappa shape index (κ3) is 3.18. The van der Waals surface area contributed by atoms with Crippen molar-refractivity contribution in [2.24, 2.45) is 0 Å². The van der Waals surface area contributed by atoms with Gasteiger partial charge in [0.2, 0.25) is 0 Å². The lowest BCUT2D eigenvalue weighted by atomic mass is 10.1. The summed E-state index contributed by atoms with van der Waals surface area (Å²) < 4.78 is 5.23. The van der Waals surface area contributed by atoms with Crippen LogP contribution in [-0.2, 0) is 4.79 Å². The third-order valence-corrected chi connectivity index (χ3v) is 4.21. The second kappa shape index (κ2) is 6.80. The van der Waals surface area contributed by atoms with Crippen molar-refractivity contribution in [1.82, 2.24) is 9.97 Å². The molecule has 0 spiro atoms. The number of ether oxygens (including phenoxy) is 1. The molecule has 3 aromatic rings. The Kier molecular flexibility index (Phi) is 4.18. The summed E-state index contributed by atoms with van der Waals surface area (Å²) >= 11 is 0. The van der Waals surface area contributed by atoms with Gasteiger partial charge in [-0.3, -0.25) is 9.59 Å². The Labute approximate surface area is 155 Å². The van der Waals surface area contributed by atoms with Crippen LogP contribution in [0.4, 0.5) is 11.4 Å². The van der Waals surface area contributed by atoms with Crippen molar-refractivity contribution < 1.29 is 14.3 Å². The number of imidazole rings is 1. The van der Waals surface area contributed by atoms with Crippen molar-refractivity contribution in [3.63, 3.8) is 0 Å². The first-order chi connectivity index (χ1) is 13.2. The molecule has 27 heavy (non-hydrogen) atoms. The fraction of sp³-hybridized carbons (Fsp3) is 0.0500. The highest BCUT2D eigenvalue weighted by Gasteiger charge is 2.25. The third-order valence-electron chi connectivity index (χ3n) is 4.21. The molecule has 134 valence electrons. The minimum Gasteiger partial charge on any atom is -0.496 e. The average molecular weight is 360 g/mol. The van der Waals surface area contributed by atoms with E-state index in [1.807, 2.05) is 0 Å². The maximum Gasteiger partial charge on any atom is 0.259 e. The molecule has 0 atom stereocenters. The lowest BCUT2D eigenvalue weighted by Gasteiger charge is -2.10. The predicted octanol–water partition coefficient (Wildman–Crippen LogP) is 3.16. The molecule has 0 radical (unpaired) electrons. The zero-order valence-corrected chi connectivity index (χ0v) is 14.4. The molecule has 1 aliphatic rings.